The third kappa shape index (κ3) is 2.28. The maximum atomic E-state index is 12.4. The maximum Gasteiger partial charge on any atom is 0.274 e. The second kappa shape index (κ2) is 4.91. The number of aromatic hydroxyl groups is 1. The third-order valence-electron chi connectivity index (χ3n) is 3.57. The van der Waals surface area contributed by atoms with Gasteiger partial charge in [0.25, 0.3) is 5.91 Å². The molecule has 1 saturated heterocycles. The van der Waals surface area contributed by atoms with Crippen molar-refractivity contribution in [2.45, 2.75) is 25.7 Å². The van der Waals surface area contributed by atoms with Crippen LogP contribution < -0.4 is 0 Å². The van der Waals surface area contributed by atoms with Crippen LogP contribution in [0.2, 0.25) is 0 Å². The zero-order chi connectivity index (χ0) is 13.2. The topological polar surface area (TPSA) is 57.8 Å². The number of amides is 1. The van der Waals surface area contributed by atoms with Crippen LogP contribution in [-0.2, 0) is 0 Å². The van der Waals surface area contributed by atoms with E-state index in [1.54, 1.807) is 28.9 Å². The number of hydrogen-bond donors (Lipinski definition) is 1. The van der Waals surface area contributed by atoms with Gasteiger partial charge in [-0.3, -0.25) is 4.79 Å². The van der Waals surface area contributed by atoms with E-state index in [2.05, 4.69) is 4.98 Å². The molecule has 0 spiro atoms. The molecular formula is C14H17N3O2. The molecule has 100 valence electrons. The highest BCUT2D eigenvalue weighted by Gasteiger charge is 2.20. The summed E-state index contributed by atoms with van der Waals surface area (Å²) in [5.74, 6) is 0.0578. The van der Waals surface area contributed by atoms with Crippen molar-refractivity contribution in [3.05, 3.63) is 30.2 Å². The quantitative estimate of drug-likeness (QED) is 0.852. The summed E-state index contributed by atoms with van der Waals surface area (Å²) in [6.45, 7) is 1.61. The van der Waals surface area contributed by atoms with Crippen molar-refractivity contribution in [2.75, 3.05) is 13.1 Å². The smallest absolute Gasteiger partial charge is 0.274 e. The average molecular weight is 259 g/mol. The minimum atomic E-state index is -0.0370. The van der Waals surface area contributed by atoms with Crippen LogP contribution in [0, 0.1) is 0 Å². The lowest BCUT2D eigenvalue weighted by atomic mass is 10.2. The molecule has 3 rings (SSSR count). The molecular weight excluding hydrogens is 242 g/mol. The van der Waals surface area contributed by atoms with Gasteiger partial charge in [0.05, 0.1) is 0 Å². The van der Waals surface area contributed by atoms with Gasteiger partial charge in [0, 0.05) is 25.5 Å². The number of nitrogens with zero attached hydrogens (tertiary/aromatic N) is 3. The van der Waals surface area contributed by atoms with Crippen molar-refractivity contribution >= 4 is 11.6 Å². The highest BCUT2D eigenvalue weighted by molar-refractivity contribution is 5.93. The minimum Gasteiger partial charge on any atom is -0.504 e. The first-order valence-electron chi connectivity index (χ1n) is 6.72. The van der Waals surface area contributed by atoms with Gasteiger partial charge in [0.15, 0.2) is 11.4 Å². The van der Waals surface area contributed by atoms with E-state index in [-0.39, 0.29) is 11.7 Å². The highest BCUT2D eigenvalue weighted by atomic mass is 16.3. The van der Waals surface area contributed by atoms with Crippen molar-refractivity contribution in [1.82, 2.24) is 14.3 Å². The van der Waals surface area contributed by atoms with Crippen LogP contribution in [0.5, 0.6) is 5.75 Å². The first-order valence-corrected chi connectivity index (χ1v) is 6.72. The van der Waals surface area contributed by atoms with Crippen LogP contribution in [0.15, 0.2) is 24.5 Å². The molecule has 1 aliphatic heterocycles. The molecule has 0 unspecified atom stereocenters. The maximum absolute atomic E-state index is 12.4. The van der Waals surface area contributed by atoms with Gasteiger partial charge in [-0.05, 0) is 25.0 Å². The van der Waals surface area contributed by atoms with Gasteiger partial charge < -0.3 is 14.4 Å². The molecule has 0 aliphatic carbocycles. The lowest BCUT2D eigenvalue weighted by Crippen LogP contribution is -2.32. The molecule has 5 heteroatoms. The second-order valence-electron chi connectivity index (χ2n) is 4.96. The fourth-order valence-corrected chi connectivity index (χ4v) is 2.54. The van der Waals surface area contributed by atoms with Crippen LogP contribution in [0.3, 0.4) is 0 Å². The molecule has 5 nitrogen and oxygen atoms in total. The van der Waals surface area contributed by atoms with Crippen LogP contribution in [0.1, 0.15) is 36.2 Å². The summed E-state index contributed by atoms with van der Waals surface area (Å²) in [6.07, 6.45) is 7.96. The summed E-state index contributed by atoms with van der Waals surface area (Å²) in [7, 11) is 0. The molecule has 0 bridgehead atoms. The van der Waals surface area contributed by atoms with E-state index in [9.17, 15) is 9.90 Å². The van der Waals surface area contributed by atoms with Gasteiger partial charge in [-0.25, -0.2) is 4.98 Å². The predicted molar refractivity (Wildman–Crippen MR) is 71.2 cm³/mol. The van der Waals surface area contributed by atoms with Gasteiger partial charge in [0.2, 0.25) is 0 Å². The molecule has 0 saturated carbocycles. The first-order chi connectivity index (χ1) is 9.25. The molecule has 3 heterocycles. The number of pyridine rings is 1. The normalized spacial score (nSPS) is 16.5. The molecule has 1 aliphatic rings. The summed E-state index contributed by atoms with van der Waals surface area (Å²) in [6, 6.07) is 3.30. The summed E-state index contributed by atoms with van der Waals surface area (Å²) < 4.78 is 1.68. The molecule has 19 heavy (non-hydrogen) atoms. The van der Waals surface area contributed by atoms with E-state index in [0.717, 1.165) is 25.9 Å². The fourth-order valence-electron chi connectivity index (χ4n) is 2.54. The Bertz CT molecular complexity index is 598. The van der Waals surface area contributed by atoms with E-state index in [4.69, 9.17) is 0 Å². The fraction of sp³-hybridized carbons (Fsp3) is 0.429. The number of hydrogen-bond acceptors (Lipinski definition) is 3. The Morgan fingerprint density at radius 2 is 1.95 bits per heavy atom. The second-order valence-corrected chi connectivity index (χ2v) is 4.96. The van der Waals surface area contributed by atoms with E-state index >= 15 is 0 Å². The van der Waals surface area contributed by atoms with Crippen molar-refractivity contribution in [3.8, 4) is 5.75 Å². The monoisotopic (exact) mass is 259 g/mol. The van der Waals surface area contributed by atoms with Gasteiger partial charge in [0.1, 0.15) is 5.69 Å². The van der Waals surface area contributed by atoms with Crippen molar-refractivity contribution in [1.29, 1.82) is 0 Å². The molecule has 0 atom stereocenters. The highest BCUT2D eigenvalue weighted by Crippen LogP contribution is 2.18. The van der Waals surface area contributed by atoms with Crippen LogP contribution in [0.4, 0.5) is 0 Å². The number of likely N-dealkylation sites (tertiary alicyclic amines) is 1. The molecule has 2 aromatic rings. The van der Waals surface area contributed by atoms with Crippen molar-refractivity contribution in [2.24, 2.45) is 0 Å². The van der Waals surface area contributed by atoms with E-state index < -0.39 is 0 Å². The van der Waals surface area contributed by atoms with E-state index in [1.807, 2.05) is 4.90 Å². The molecule has 1 amide bonds. The number of carbonyl (C=O) groups is 1. The minimum absolute atomic E-state index is 0.0370. The summed E-state index contributed by atoms with van der Waals surface area (Å²) in [5, 5.41) is 9.71. The zero-order valence-corrected chi connectivity index (χ0v) is 10.7. The Kier molecular flexibility index (Phi) is 3.11. The van der Waals surface area contributed by atoms with Crippen molar-refractivity contribution in [3.63, 3.8) is 0 Å². The van der Waals surface area contributed by atoms with E-state index in [0.29, 0.717) is 11.3 Å². The van der Waals surface area contributed by atoms with Crippen LogP contribution >= 0.6 is 0 Å². The Balaban J connectivity index is 1.90. The Labute approximate surface area is 111 Å². The van der Waals surface area contributed by atoms with Gasteiger partial charge in [-0.2, -0.15) is 0 Å². The number of aromatic nitrogens is 2. The Morgan fingerprint density at radius 3 is 2.63 bits per heavy atom. The summed E-state index contributed by atoms with van der Waals surface area (Å²) >= 11 is 0. The Morgan fingerprint density at radius 1 is 1.21 bits per heavy atom. The van der Waals surface area contributed by atoms with E-state index in [1.165, 1.54) is 12.8 Å². The molecule has 0 radical (unpaired) electrons. The SMILES string of the molecule is O=C(c1cn2cccc(O)c2n1)N1CCCCCC1. The number of imidazole rings is 1. The average Bonchev–Trinajstić information content (AvgIpc) is 2.67. The summed E-state index contributed by atoms with van der Waals surface area (Å²) in [5.41, 5.74) is 0.837. The standard InChI is InChI=1S/C14H17N3O2/c18-12-6-5-9-17-10-11(15-13(12)17)14(19)16-7-3-1-2-4-8-16/h5-6,9-10,18H,1-4,7-8H2. The molecule has 1 N–H and O–H groups in total. The predicted octanol–water partition coefficient (Wildman–Crippen LogP) is 2.06. The van der Waals surface area contributed by atoms with Crippen LogP contribution in [-0.4, -0.2) is 38.4 Å². The molecule has 2 aromatic heterocycles. The van der Waals surface area contributed by atoms with Gasteiger partial charge in [-0.15, -0.1) is 0 Å². The van der Waals surface area contributed by atoms with Gasteiger partial charge >= 0.3 is 0 Å². The third-order valence-corrected chi connectivity index (χ3v) is 3.57. The van der Waals surface area contributed by atoms with Crippen LogP contribution in [0.25, 0.3) is 5.65 Å². The number of carbonyl (C=O) groups excluding carboxylic acids is 1. The number of rotatable bonds is 1. The zero-order valence-electron chi connectivity index (χ0n) is 10.7. The summed E-state index contributed by atoms with van der Waals surface area (Å²) in [4.78, 5) is 18.5. The largest absolute Gasteiger partial charge is 0.504 e. The lowest BCUT2D eigenvalue weighted by molar-refractivity contribution is 0.0756. The molecule has 0 aromatic carbocycles. The van der Waals surface area contributed by atoms with Gasteiger partial charge in [-0.1, -0.05) is 12.8 Å². The van der Waals surface area contributed by atoms with Crippen molar-refractivity contribution < 1.29 is 9.90 Å². The number of fused-ring (bicyclic) bond motifs is 1. The first kappa shape index (κ1) is 12.0. The Hall–Kier alpha value is -2.04. The molecule has 1 fully saturated rings. The lowest BCUT2D eigenvalue weighted by Gasteiger charge is -2.18.